The quantitative estimate of drug-likeness (QED) is 0.811. The Morgan fingerprint density at radius 3 is 2.47 bits per heavy atom. The van der Waals surface area contributed by atoms with Crippen LogP contribution in [0.2, 0.25) is 0 Å². The second-order valence-corrected chi connectivity index (χ2v) is 3.88. The fourth-order valence-electron chi connectivity index (χ4n) is 1.61. The van der Waals surface area contributed by atoms with Crippen molar-refractivity contribution in [3.05, 3.63) is 29.3 Å². The van der Waals surface area contributed by atoms with Crippen LogP contribution in [0.25, 0.3) is 0 Å². The second-order valence-electron chi connectivity index (χ2n) is 3.88. The van der Waals surface area contributed by atoms with Crippen LogP contribution in [0.15, 0.2) is 18.2 Å². The molecule has 1 rings (SSSR count). The van der Waals surface area contributed by atoms with Crippen molar-refractivity contribution in [2.45, 2.75) is 32.5 Å². The lowest BCUT2D eigenvalue weighted by atomic mass is 10.0. The maximum absolute atomic E-state index is 12.0. The van der Waals surface area contributed by atoms with Gasteiger partial charge in [-0.15, -0.1) is 13.2 Å². The Morgan fingerprint density at radius 1 is 1.24 bits per heavy atom. The SMILES string of the molecule is Cc1cc(OC(F)(F)F)ccc1CCCCN. The van der Waals surface area contributed by atoms with Crippen LogP contribution in [-0.2, 0) is 6.42 Å². The average Bonchev–Trinajstić information content (AvgIpc) is 2.19. The standard InChI is InChI=1S/C12H16F3NO/c1-9-8-11(17-12(13,14)15)6-5-10(9)4-2-3-7-16/h5-6,8H,2-4,7,16H2,1H3. The highest BCUT2D eigenvalue weighted by atomic mass is 19.4. The Labute approximate surface area is 98.6 Å². The summed E-state index contributed by atoms with van der Waals surface area (Å²) < 4.78 is 39.8. The number of nitrogens with two attached hydrogens (primary N) is 1. The third-order valence-corrected chi connectivity index (χ3v) is 2.45. The zero-order chi connectivity index (χ0) is 12.9. The van der Waals surface area contributed by atoms with Crippen molar-refractivity contribution >= 4 is 0 Å². The normalized spacial score (nSPS) is 11.6. The molecular weight excluding hydrogens is 231 g/mol. The van der Waals surface area contributed by atoms with Gasteiger partial charge in [-0.3, -0.25) is 0 Å². The van der Waals surface area contributed by atoms with Crippen LogP contribution in [-0.4, -0.2) is 12.9 Å². The molecule has 2 N–H and O–H groups in total. The average molecular weight is 247 g/mol. The van der Waals surface area contributed by atoms with Gasteiger partial charge >= 0.3 is 6.36 Å². The van der Waals surface area contributed by atoms with E-state index < -0.39 is 6.36 Å². The monoisotopic (exact) mass is 247 g/mol. The molecule has 0 saturated carbocycles. The fraction of sp³-hybridized carbons (Fsp3) is 0.500. The number of ether oxygens (including phenoxy) is 1. The molecule has 0 aliphatic heterocycles. The molecule has 0 saturated heterocycles. The summed E-state index contributed by atoms with van der Waals surface area (Å²) >= 11 is 0. The number of aryl methyl sites for hydroxylation is 2. The minimum atomic E-state index is -4.63. The molecule has 2 nitrogen and oxygen atoms in total. The summed E-state index contributed by atoms with van der Waals surface area (Å²) in [6, 6.07) is 4.43. The topological polar surface area (TPSA) is 35.2 Å². The first-order valence-corrected chi connectivity index (χ1v) is 5.48. The Kier molecular flexibility index (Phi) is 4.81. The molecule has 0 atom stereocenters. The smallest absolute Gasteiger partial charge is 0.406 e. The highest BCUT2D eigenvalue weighted by Gasteiger charge is 2.31. The maximum Gasteiger partial charge on any atom is 0.573 e. The van der Waals surface area contributed by atoms with Gasteiger partial charge < -0.3 is 10.5 Å². The van der Waals surface area contributed by atoms with Crippen LogP contribution in [0.3, 0.4) is 0 Å². The Balaban J connectivity index is 2.66. The minimum absolute atomic E-state index is 0.169. The third kappa shape index (κ3) is 5.08. The fourth-order valence-corrected chi connectivity index (χ4v) is 1.61. The minimum Gasteiger partial charge on any atom is -0.406 e. The largest absolute Gasteiger partial charge is 0.573 e. The van der Waals surface area contributed by atoms with Crippen molar-refractivity contribution in [3.8, 4) is 5.75 Å². The van der Waals surface area contributed by atoms with Gasteiger partial charge in [-0.2, -0.15) is 0 Å². The van der Waals surface area contributed by atoms with Gasteiger partial charge in [0.2, 0.25) is 0 Å². The first kappa shape index (κ1) is 13.8. The number of rotatable bonds is 5. The zero-order valence-electron chi connectivity index (χ0n) is 9.68. The van der Waals surface area contributed by atoms with E-state index >= 15 is 0 Å². The predicted octanol–water partition coefficient (Wildman–Crippen LogP) is 3.18. The van der Waals surface area contributed by atoms with E-state index in [2.05, 4.69) is 4.74 Å². The van der Waals surface area contributed by atoms with Crippen molar-refractivity contribution in [3.63, 3.8) is 0 Å². The zero-order valence-corrected chi connectivity index (χ0v) is 9.68. The van der Waals surface area contributed by atoms with Gasteiger partial charge in [0.05, 0.1) is 0 Å². The Bertz CT molecular complexity index is 363. The summed E-state index contributed by atoms with van der Waals surface area (Å²) in [5, 5.41) is 0. The molecule has 1 aromatic carbocycles. The molecule has 0 bridgehead atoms. The predicted molar refractivity (Wildman–Crippen MR) is 59.9 cm³/mol. The summed E-state index contributed by atoms with van der Waals surface area (Å²) in [6.07, 6.45) is -1.94. The molecule has 5 heteroatoms. The number of hydrogen-bond acceptors (Lipinski definition) is 2. The van der Waals surface area contributed by atoms with Crippen molar-refractivity contribution in [1.82, 2.24) is 0 Å². The number of hydrogen-bond donors (Lipinski definition) is 1. The lowest BCUT2D eigenvalue weighted by Crippen LogP contribution is -2.17. The molecule has 0 aliphatic rings. The summed E-state index contributed by atoms with van der Waals surface area (Å²) in [5.41, 5.74) is 7.22. The van der Waals surface area contributed by atoms with Crippen LogP contribution in [0, 0.1) is 6.92 Å². The second kappa shape index (κ2) is 5.91. The van der Waals surface area contributed by atoms with E-state index in [9.17, 15) is 13.2 Å². The van der Waals surface area contributed by atoms with E-state index in [-0.39, 0.29) is 5.75 Å². The molecule has 0 aliphatic carbocycles. The van der Waals surface area contributed by atoms with Gasteiger partial charge in [0.25, 0.3) is 0 Å². The summed E-state index contributed by atoms with van der Waals surface area (Å²) in [7, 11) is 0. The molecule has 96 valence electrons. The highest BCUT2D eigenvalue weighted by molar-refractivity contribution is 5.35. The van der Waals surface area contributed by atoms with Crippen LogP contribution in [0.5, 0.6) is 5.75 Å². The highest BCUT2D eigenvalue weighted by Crippen LogP contribution is 2.25. The van der Waals surface area contributed by atoms with Crippen LogP contribution in [0.4, 0.5) is 13.2 Å². The molecule has 1 aromatic rings. The van der Waals surface area contributed by atoms with E-state index in [1.165, 1.54) is 12.1 Å². The van der Waals surface area contributed by atoms with Gasteiger partial charge in [-0.05, 0) is 56.0 Å². The molecule has 0 spiro atoms. The summed E-state index contributed by atoms with van der Waals surface area (Å²) in [6.45, 7) is 2.41. The van der Waals surface area contributed by atoms with Gasteiger partial charge in [0.1, 0.15) is 5.75 Å². The first-order valence-electron chi connectivity index (χ1n) is 5.48. The van der Waals surface area contributed by atoms with Crippen molar-refractivity contribution < 1.29 is 17.9 Å². The lowest BCUT2D eigenvalue weighted by Gasteiger charge is -2.11. The van der Waals surface area contributed by atoms with Gasteiger partial charge in [0.15, 0.2) is 0 Å². The van der Waals surface area contributed by atoms with E-state index in [1.807, 2.05) is 0 Å². The Morgan fingerprint density at radius 2 is 1.94 bits per heavy atom. The van der Waals surface area contributed by atoms with E-state index in [1.54, 1.807) is 13.0 Å². The van der Waals surface area contributed by atoms with Gasteiger partial charge in [-0.25, -0.2) is 0 Å². The van der Waals surface area contributed by atoms with E-state index in [4.69, 9.17) is 5.73 Å². The van der Waals surface area contributed by atoms with E-state index in [0.29, 0.717) is 6.54 Å². The Hall–Kier alpha value is -1.23. The van der Waals surface area contributed by atoms with Crippen LogP contribution < -0.4 is 10.5 Å². The number of unbranched alkanes of at least 4 members (excludes halogenated alkanes) is 1. The van der Waals surface area contributed by atoms with Crippen molar-refractivity contribution in [1.29, 1.82) is 0 Å². The van der Waals surface area contributed by atoms with Crippen molar-refractivity contribution in [2.75, 3.05) is 6.54 Å². The number of alkyl halides is 3. The molecule has 0 aromatic heterocycles. The molecule has 0 radical (unpaired) electrons. The molecule has 0 amide bonds. The maximum atomic E-state index is 12.0. The molecule has 17 heavy (non-hydrogen) atoms. The van der Waals surface area contributed by atoms with Crippen molar-refractivity contribution in [2.24, 2.45) is 5.73 Å². The van der Waals surface area contributed by atoms with Crippen LogP contribution in [0.1, 0.15) is 24.0 Å². The lowest BCUT2D eigenvalue weighted by molar-refractivity contribution is -0.274. The number of halogens is 3. The van der Waals surface area contributed by atoms with Crippen LogP contribution >= 0.6 is 0 Å². The molecular formula is C12H16F3NO. The van der Waals surface area contributed by atoms with E-state index in [0.717, 1.165) is 30.4 Å². The molecule has 0 heterocycles. The summed E-state index contributed by atoms with van der Waals surface area (Å²) in [4.78, 5) is 0. The van der Waals surface area contributed by atoms with Gasteiger partial charge in [0, 0.05) is 0 Å². The number of benzene rings is 1. The van der Waals surface area contributed by atoms with Gasteiger partial charge in [-0.1, -0.05) is 6.07 Å². The first-order chi connectivity index (χ1) is 7.92. The summed E-state index contributed by atoms with van der Waals surface area (Å²) in [5.74, 6) is -0.169. The molecule has 0 unspecified atom stereocenters. The molecule has 0 fully saturated rings. The third-order valence-electron chi connectivity index (χ3n) is 2.45.